The largest absolute Gasteiger partial charge is 0.481 e. The van der Waals surface area contributed by atoms with E-state index in [1.807, 2.05) is 6.92 Å². The fourth-order valence-electron chi connectivity index (χ4n) is 3.67. The van der Waals surface area contributed by atoms with Crippen molar-refractivity contribution in [1.29, 1.82) is 0 Å². The third-order valence-electron chi connectivity index (χ3n) is 5.70. The van der Waals surface area contributed by atoms with E-state index in [-0.39, 0.29) is 23.7 Å². The van der Waals surface area contributed by atoms with Crippen LogP contribution in [0.15, 0.2) is 24.3 Å². The molecule has 2 N–H and O–H groups in total. The molecule has 2 rings (SSSR count). The molecule has 6 heteroatoms. The van der Waals surface area contributed by atoms with E-state index in [1.165, 1.54) is 0 Å². The highest BCUT2D eigenvalue weighted by Gasteiger charge is 2.27. The highest BCUT2D eigenvalue weighted by Crippen LogP contribution is 2.22. The first kappa shape index (κ1) is 20.9. The summed E-state index contributed by atoms with van der Waals surface area (Å²) in [6, 6.07) is 6.91. The summed E-state index contributed by atoms with van der Waals surface area (Å²) in [5.41, 5.74) is 1.23. The average Bonchev–Trinajstić information content (AvgIpc) is 2.69. The van der Waals surface area contributed by atoms with Gasteiger partial charge in [-0.3, -0.25) is 14.4 Å². The van der Waals surface area contributed by atoms with E-state index in [0.717, 1.165) is 12.8 Å². The van der Waals surface area contributed by atoms with Crippen molar-refractivity contribution >= 4 is 23.5 Å². The lowest BCUT2D eigenvalue weighted by Gasteiger charge is -2.30. The molecule has 1 saturated heterocycles. The number of carboxylic acid groups (broad SMARTS) is 1. The van der Waals surface area contributed by atoms with Crippen LogP contribution in [0.4, 0.5) is 5.69 Å². The molecule has 1 unspecified atom stereocenters. The molecular weight excluding hydrogens is 344 g/mol. The minimum atomic E-state index is -0.787. The second kappa shape index (κ2) is 9.53. The van der Waals surface area contributed by atoms with Crippen molar-refractivity contribution in [3.8, 4) is 0 Å². The number of amides is 2. The summed E-state index contributed by atoms with van der Waals surface area (Å²) in [4.78, 5) is 37.7. The molecule has 1 aromatic rings. The molecule has 1 heterocycles. The summed E-state index contributed by atoms with van der Waals surface area (Å²) in [7, 11) is 0. The summed E-state index contributed by atoms with van der Waals surface area (Å²) in [5.74, 6) is -0.939. The summed E-state index contributed by atoms with van der Waals surface area (Å²) >= 11 is 0. The Kier molecular flexibility index (Phi) is 7.39. The van der Waals surface area contributed by atoms with Crippen LogP contribution < -0.4 is 5.32 Å². The number of nitrogens with one attached hydrogen (secondary N) is 1. The minimum absolute atomic E-state index is 0.00137. The maximum absolute atomic E-state index is 12.6. The Balaban J connectivity index is 1.94. The van der Waals surface area contributed by atoms with Crippen LogP contribution in [0.5, 0.6) is 0 Å². The van der Waals surface area contributed by atoms with Crippen molar-refractivity contribution in [2.75, 3.05) is 18.4 Å². The third-order valence-corrected chi connectivity index (χ3v) is 5.70. The van der Waals surface area contributed by atoms with Gasteiger partial charge >= 0.3 is 5.97 Å². The molecule has 1 aliphatic rings. The Bertz CT molecular complexity index is 659. The van der Waals surface area contributed by atoms with Gasteiger partial charge in [0.1, 0.15) is 0 Å². The van der Waals surface area contributed by atoms with E-state index in [0.29, 0.717) is 43.1 Å². The number of carbonyl (C=O) groups is 3. The van der Waals surface area contributed by atoms with Crippen LogP contribution in [-0.2, 0) is 9.59 Å². The van der Waals surface area contributed by atoms with Crippen LogP contribution in [0.1, 0.15) is 56.8 Å². The molecule has 0 aliphatic carbocycles. The Morgan fingerprint density at radius 3 is 2.15 bits per heavy atom. The molecule has 0 spiro atoms. The fraction of sp³-hybridized carbons (Fsp3) is 0.571. The molecule has 0 radical (unpaired) electrons. The van der Waals surface area contributed by atoms with Gasteiger partial charge in [0.15, 0.2) is 0 Å². The zero-order valence-corrected chi connectivity index (χ0v) is 16.4. The van der Waals surface area contributed by atoms with E-state index in [1.54, 1.807) is 29.2 Å². The van der Waals surface area contributed by atoms with Gasteiger partial charge in [0.2, 0.25) is 5.91 Å². The van der Waals surface area contributed by atoms with Gasteiger partial charge in [0.05, 0.1) is 5.92 Å². The number of aliphatic carboxylic acids is 1. The van der Waals surface area contributed by atoms with Crippen molar-refractivity contribution in [1.82, 2.24) is 4.90 Å². The van der Waals surface area contributed by atoms with Gasteiger partial charge in [-0.05, 0) is 43.0 Å². The standard InChI is InChI=1S/C21H30N2O4/c1-4-15(5-2)14(3)19(24)22-18-8-6-16(7-9-18)20(25)23-12-10-17(11-13-23)21(26)27/h6-9,14-15,17H,4-5,10-13H2,1-3H3,(H,22,24)(H,26,27). The lowest BCUT2D eigenvalue weighted by atomic mass is 9.88. The smallest absolute Gasteiger partial charge is 0.306 e. The lowest BCUT2D eigenvalue weighted by Crippen LogP contribution is -2.40. The zero-order valence-electron chi connectivity index (χ0n) is 16.4. The number of nitrogens with zero attached hydrogens (tertiary/aromatic N) is 1. The van der Waals surface area contributed by atoms with Gasteiger partial charge in [-0.25, -0.2) is 0 Å². The van der Waals surface area contributed by atoms with Crippen molar-refractivity contribution in [3.63, 3.8) is 0 Å². The van der Waals surface area contributed by atoms with E-state index in [4.69, 9.17) is 5.11 Å². The molecular formula is C21H30N2O4. The number of hydrogen-bond donors (Lipinski definition) is 2. The molecule has 0 aromatic heterocycles. The fourth-order valence-corrected chi connectivity index (χ4v) is 3.67. The molecule has 0 saturated carbocycles. The van der Waals surface area contributed by atoms with E-state index in [9.17, 15) is 14.4 Å². The number of hydrogen-bond acceptors (Lipinski definition) is 3. The molecule has 1 atom stereocenters. The first-order chi connectivity index (χ1) is 12.9. The SMILES string of the molecule is CCC(CC)C(C)C(=O)Nc1ccc(C(=O)N2CCC(C(=O)O)CC2)cc1. The second-order valence-corrected chi connectivity index (χ2v) is 7.34. The van der Waals surface area contributed by atoms with Crippen LogP contribution in [0.2, 0.25) is 0 Å². The molecule has 148 valence electrons. The van der Waals surface area contributed by atoms with Gasteiger partial charge in [-0.1, -0.05) is 33.6 Å². The third kappa shape index (κ3) is 5.31. The Labute approximate surface area is 160 Å². The number of anilines is 1. The monoisotopic (exact) mass is 374 g/mol. The quantitative estimate of drug-likeness (QED) is 0.763. The van der Waals surface area contributed by atoms with Crippen LogP contribution >= 0.6 is 0 Å². The molecule has 1 fully saturated rings. The minimum Gasteiger partial charge on any atom is -0.481 e. The van der Waals surface area contributed by atoms with Crippen molar-refractivity contribution in [3.05, 3.63) is 29.8 Å². The number of likely N-dealkylation sites (tertiary alicyclic amines) is 1. The van der Waals surface area contributed by atoms with Crippen molar-refractivity contribution in [2.24, 2.45) is 17.8 Å². The van der Waals surface area contributed by atoms with Crippen LogP contribution in [-0.4, -0.2) is 40.9 Å². The lowest BCUT2D eigenvalue weighted by molar-refractivity contribution is -0.143. The number of rotatable bonds is 7. The highest BCUT2D eigenvalue weighted by molar-refractivity contribution is 5.96. The summed E-state index contributed by atoms with van der Waals surface area (Å²) < 4.78 is 0. The Morgan fingerprint density at radius 1 is 1.11 bits per heavy atom. The maximum Gasteiger partial charge on any atom is 0.306 e. The summed E-state index contributed by atoms with van der Waals surface area (Å²) in [6.45, 7) is 7.06. The van der Waals surface area contributed by atoms with Gasteiger partial charge in [-0.15, -0.1) is 0 Å². The topological polar surface area (TPSA) is 86.7 Å². The number of carboxylic acids is 1. The summed E-state index contributed by atoms with van der Waals surface area (Å²) in [6.07, 6.45) is 2.92. The van der Waals surface area contributed by atoms with Crippen molar-refractivity contribution < 1.29 is 19.5 Å². The number of benzene rings is 1. The predicted octanol–water partition coefficient (Wildman–Crippen LogP) is 3.63. The normalized spacial score (nSPS) is 16.2. The Morgan fingerprint density at radius 2 is 1.67 bits per heavy atom. The molecule has 0 bridgehead atoms. The van der Waals surface area contributed by atoms with Crippen LogP contribution in [0.25, 0.3) is 0 Å². The van der Waals surface area contributed by atoms with Crippen LogP contribution in [0, 0.1) is 17.8 Å². The molecule has 6 nitrogen and oxygen atoms in total. The molecule has 1 aromatic carbocycles. The van der Waals surface area contributed by atoms with Crippen LogP contribution in [0.3, 0.4) is 0 Å². The van der Waals surface area contributed by atoms with E-state index < -0.39 is 5.97 Å². The zero-order chi connectivity index (χ0) is 20.0. The predicted molar refractivity (Wildman–Crippen MR) is 105 cm³/mol. The van der Waals surface area contributed by atoms with Crippen molar-refractivity contribution in [2.45, 2.75) is 46.5 Å². The van der Waals surface area contributed by atoms with E-state index >= 15 is 0 Å². The first-order valence-corrected chi connectivity index (χ1v) is 9.80. The molecule has 2 amide bonds. The van der Waals surface area contributed by atoms with Gasteiger partial charge in [-0.2, -0.15) is 0 Å². The maximum atomic E-state index is 12.6. The van der Waals surface area contributed by atoms with E-state index in [2.05, 4.69) is 19.2 Å². The number of carbonyl (C=O) groups excluding carboxylic acids is 2. The number of piperidine rings is 1. The summed E-state index contributed by atoms with van der Waals surface area (Å²) in [5, 5.41) is 12.0. The highest BCUT2D eigenvalue weighted by atomic mass is 16.4. The van der Waals surface area contributed by atoms with Gasteiger partial charge < -0.3 is 15.3 Å². The molecule has 27 heavy (non-hydrogen) atoms. The second-order valence-electron chi connectivity index (χ2n) is 7.34. The van der Waals surface area contributed by atoms with Gasteiger partial charge in [0.25, 0.3) is 5.91 Å². The average molecular weight is 374 g/mol. The Hall–Kier alpha value is -2.37. The first-order valence-electron chi connectivity index (χ1n) is 9.80. The van der Waals surface area contributed by atoms with Gasteiger partial charge in [0, 0.05) is 30.3 Å². The molecule has 1 aliphatic heterocycles.